The van der Waals surface area contributed by atoms with Gasteiger partial charge in [0.2, 0.25) is 5.91 Å². The molecule has 0 aliphatic carbocycles. The van der Waals surface area contributed by atoms with E-state index in [0.717, 1.165) is 22.4 Å². The molecule has 1 aliphatic rings. The maximum atomic E-state index is 12.9. The van der Waals surface area contributed by atoms with Crippen LogP contribution >= 0.6 is 0 Å². The van der Waals surface area contributed by atoms with Gasteiger partial charge in [-0.2, -0.15) is 14.3 Å². The van der Waals surface area contributed by atoms with Crippen LogP contribution in [0.1, 0.15) is 41.6 Å². The molecular weight excluding hydrogens is 470 g/mol. The number of carbonyl (C=O) groups is 1. The second-order valence-corrected chi connectivity index (χ2v) is 8.80. The van der Waals surface area contributed by atoms with Crippen LogP contribution in [0.2, 0.25) is 0 Å². The highest BCUT2D eigenvalue weighted by atomic mass is 16.5. The minimum Gasteiger partial charge on any atom is -0.490 e. The summed E-state index contributed by atoms with van der Waals surface area (Å²) < 4.78 is 15.3. The Morgan fingerprint density at radius 2 is 1.89 bits per heavy atom. The Labute approximate surface area is 212 Å². The summed E-state index contributed by atoms with van der Waals surface area (Å²) in [5.41, 5.74) is 4.42. The van der Waals surface area contributed by atoms with E-state index in [4.69, 9.17) is 14.6 Å². The normalized spacial score (nSPS) is 14.9. The fourth-order valence-electron chi connectivity index (χ4n) is 4.69. The van der Waals surface area contributed by atoms with E-state index in [1.165, 1.54) is 6.33 Å². The zero-order valence-electron chi connectivity index (χ0n) is 20.5. The first-order chi connectivity index (χ1) is 18.1. The van der Waals surface area contributed by atoms with E-state index >= 15 is 0 Å². The third-order valence-corrected chi connectivity index (χ3v) is 6.37. The van der Waals surface area contributed by atoms with Gasteiger partial charge in [0, 0.05) is 17.9 Å². The molecule has 186 valence electrons. The second-order valence-electron chi connectivity index (χ2n) is 8.80. The molecule has 0 radical (unpaired) electrons. The topological polar surface area (TPSA) is 108 Å². The Morgan fingerprint density at radius 1 is 1.03 bits per heavy atom. The molecule has 1 N–H and O–H groups in total. The van der Waals surface area contributed by atoms with Crippen molar-refractivity contribution in [3.05, 3.63) is 89.4 Å². The summed E-state index contributed by atoms with van der Waals surface area (Å²) in [5.74, 6) is 2.19. The molecule has 4 heterocycles. The maximum Gasteiger partial charge on any atom is 0.226 e. The third kappa shape index (κ3) is 4.26. The highest BCUT2D eigenvalue weighted by Crippen LogP contribution is 2.42. The molecule has 0 bridgehead atoms. The minimum atomic E-state index is -0.196. The van der Waals surface area contributed by atoms with E-state index in [9.17, 15) is 4.79 Å². The van der Waals surface area contributed by atoms with Gasteiger partial charge in [-0.1, -0.05) is 36.4 Å². The molecular formula is C27H25N7O3. The molecule has 5 aromatic rings. The lowest BCUT2D eigenvalue weighted by atomic mass is 9.85. The number of benzene rings is 2. The van der Waals surface area contributed by atoms with Crippen LogP contribution < -0.4 is 14.8 Å². The van der Waals surface area contributed by atoms with E-state index in [0.29, 0.717) is 48.4 Å². The van der Waals surface area contributed by atoms with Crippen molar-refractivity contribution in [1.29, 1.82) is 0 Å². The van der Waals surface area contributed by atoms with Crippen molar-refractivity contribution in [1.82, 2.24) is 29.6 Å². The number of hydrogen-bond acceptors (Lipinski definition) is 7. The average Bonchev–Trinajstić information content (AvgIpc) is 3.52. The standard InChI is InChI=1S/C27H25N7O3/c1-3-36-22-13-19(9-10-21(22)37-15-18-7-5-4-6-8-18)20-14-25(35)29-27-26(20)17(2)31-34(27)24-12-11-23-30-28-16-33(23)32-24/h4-13,16,20H,3,14-15H2,1-2H3,(H,29,35)/t20-/m0/s1. The molecule has 1 atom stereocenters. The van der Waals surface area contributed by atoms with Crippen molar-refractivity contribution >= 4 is 17.4 Å². The molecule has 3 aromatic heterocycles. The van der Waals surface area contributed by atoms with Crippen molar-refractivity contribution in [2.75, 3.05) is 11.9 Å². The highest BCUT2D eigenvalue weighted by Gasteiger charge is 2.33. The molecule has 1 aliphatic heterocycles. The van der Waals surface area contributed by atoms with Crippen molar-refractivity contribution in [2.24, 2.45) is 0 Å². The summed E-state index contributed by atoms with van der Waals surface area (Å²) in [4.78, 5) is 12.9. The van der Waals surface area contributed by atoms with Gasteiger partial charge in [0.1, 0.15) is 18.8 Å². The summed E-state index contributed by atoms with van der Waals surface area (Å²) in [7, 11) is 0. The Balaban J connectivity index is 1.36. The number of nitrogens with zero attached hydrogens (tertiary/aromatic N) is 6. The minimum absolute atomic E-state index is 0.0913. The molecule has 0 unspecified atom stereocenters. The summed E-state index contributed by atoms with van der Waals surface area (Å²) in [6, 6.07) is 19.5. The lowest BCUT2D eigenvalue weighted by Gasteiger charge is -2.25. The van der Waals surface area contributed by atoms with Gasteiger partial charge in [-0.3, -0.25) is 4.79 Å². The number of carbonyl (C=O) groups excluding carboxylic acids is 1. The molecule has 0 spiro atoms. The number of ether oxygens (including phenoxy) is 2. The van der Waals surface area contributed by atoms with E-state index in [2.05, 4.69) is 20.6 Å². The number of fused-ring (bicyclic) bond motifs is 2. The molecule has 0 saturated heterocycles. The Kier molecular flexibility index (Phi) is 5.76. The Morgan fingerprint density at radius 3 is 2.73 bits per heavy atom. The summed E-state index contributed by atoms with van der Waals surface area (Å²) in [6.07, 6.45) is 1.83. The van der Waals surface area contributed by atoms with Gasteiger partial charge >= 0.3 is 0 Å². The molecule has 2 aromatic carbocycles. The van der Waals surface area contributed by atoms with Crippen LogP contribution in [0.4, 0.5) is 5.82 Å². The Hall–Kier alpha value is -4.73. The first-order valence-electron chi connectivity index (χ1n) is 12.1. The molecule has 37 heavy (non-hydrogen) atoms. The van der Waals surface area contributed by atoms with Crippen molar-refractivity contribution in [2.45, 2.75) is 32.8 Å². The first kappa shape index (κ1) is 22.7. The van der Waals surface area contributed by atoms with Crippen LogP contribution in [0.15, 0.2) is 67.0 Å². The monoisotopic (exact) mass is 495 g/mol. The second kappa shape index (κ2) is 9.38. The van der Waals surface area contributed by atoms with Gasteiger partial charge in [-0.25, -0.2) is 0 Å². The fourth-order valence-corrected chi connectivity index (χ4v) is 4.69. The zero-order chi connectivity index (χ0) is 25.4. The maximum absolute atomic E-state index is 12.9. The number of anilines is 1. The third-order valence-electron chi connectivity index (χ3n) is 6.37. The summed E-state index contributed by atoms with van der Waals surface area (Å²) in [6.45, 7) is 4.81. The van der Waals surface area contributed by atoms with E-state index in [-0.39, 0.29) is 11.8 Å². The SMILES string of the molecule is CCOc1cc([C@@H]2CC(=O)Nc3c2c(C)nn3-c2ccc3nncn3n2)ccc1OCc1ccccc1. The Bertz CT molecular complexity index is 1590. The van der Waals surface area contributed by atoms with Gasteiger partial charge < -0.3 is 14.8 Å². The van der Waals surface area contributed by atoms with Crippen LogP contribution in [0.5, 0.6) is 11.5 Å². The highest BCUT2D eigenvalue weighted by molar-refractivity contribution is 5.95. The van der Waals surface area contributed by atoms with Crippen molar-refractivity contribution in [3.63, 3.8) is 0 Å². The van der Waals surface area contributed by atoms with Gasteiger partial charge in [0.25, 0.3) is 0 Å². The van der Waals surface area contributed by atoms with Crippen LogP contribution in [-0.2, 0) is 11.4 Å². The number of hydrogen-bond donors (Lipinski definition) is 1. The molecule has 6 rings (SSSR count). The van der Waals surface area contributed by atoms with Crippen molar-refractivity contribution in [3.8, 4) is 17.3 Å². The van der Waals surface area contributed by atoms with Gasteiger partial charge in [0.05, 0.1) is 12.3 Å². The summed E-state index contributed by atoms with van der Waals surface area (Å²) >= 11 is 0. The van der Waals surface area contributed by atoms with E-state index in [1.54, 1.807) is 15.3 Å². The molecule has 0 fully saturated rings. The number of rotatable bonds is 7. The molecule has 10 heteroatoms. The van der Waals surface area contributed by atoms with Crippen LogP contribution in [0, 0.1) is 6.92 Å². The molecule has 10 nitrogen and oxygen atoms in total. The number of nitrogens with one attached hydrogen (secondary N) is 1. The van der Waals surface area contributed by atoms with Gasteiger partial charge in [-0.05, 0) is 49.2 Å². The lowest BCUT2D eigenvalue weighted by molar-refractivity contribution is -0.116. The fraction of sp³-hybridized carbons (Fsp3) is 0.222. The quantitative estimate of drug-likeness (QED) is 0.363. The predicted octanol–water partition coefficient (Wildman–Crippen LogP) is 4.07. The number of amides is 1. The first-order valence-corrected chi connectivity index (χ1v) is 12.1. The van der Waals surface area contributed by atoms with Gasteiger partial charge in [-0.15, -0.1) is 15.3 Å². The van der Waals surface area contributed by atoms with Crippen molar-refractivity contribution < 1.29 is 14.3 Å². The predicted molar refractivity (Wildman–Crippen MR) is 136 cm³/mol. The van der Waals surface area contributed by atoms with Crippen LogP contribution in [-0.4, -0.2) is 42.1 Å². The summed E-state index contributed by atoms with van der Waals surface area (Å²) in [5, 5.41) is 20.2. The largest absolute Gasteiger partial charge is 0.490 e. The van der Waals surface area contributed by atoms with E-state index < -0.39 is 0 Å². The number of aromatic nitrogens is 6. The van der Waals surface area contributed by atoms with E-state index in [1.807, 2.05) is 68.4 Å². The van der Waals surface area contributed by atoms with Gasteiger partial charge in [0.15, 0.2) is 23.0 Å². The number of aryl methyl sites for hydroxylation is 1. The lowest BCUT2D eigenvalue weighted by Crippen LogP contribution is -2.25. The van der Waals surface area contributed by atoms with Crippen LogP contribution in [0.3, 0.4) is 0 Å². The zero-order valence-corrected chi connectivity index (χ0v) is 20.5. The van der Waals surface area contributed by atoms with Crippen LogP contribution in [0.25, 0.3) is 11.5 Å². The molecule has 1 amide bonds. The smallest absolute Gasteiger partial charge is 0.226 e. The molecule has 0 saturated carbocycles. The average molecular weight is 496 g/mol.